The Kier molecular flexibility index (Phi) is 5.27. The monoisotopic (exact) mass is 268 g/mol. The predicted octanol–water partition coefficient (Wildman–Crippen LogP) is 2.39. The maximum atomic E-state index is 10.1. The Balaban J connectivity index is 1.93. The number of nitrogens with one attached hydrogen (secondary N) is 1. The topological polar surface area (TPSA) is 35.5 Å². The lowest BCUT2D eigenvalue weighted by Gasteiger charge is -2.46. The first-order chi connectivity index (χ1) is 9.03. The van der Waals surface area contributed by atoms with Crippen LogP contribution in [0.2, 0.25) is 0 Å². The van der Waals surface area contributed by atoms with Crippen LogP contribution in [0.3, 0.4) is 0 Å². The summed E-state index contributed by atoms with van der Waals surface area (Å²) >= 11 is 0. The Labute approximate surface area is 118 Å². The highest BCUT2D eigenvalue weighted by Crippen LogP contribution is 2.35. The van der Waals surface area contributed by atoms with Gasteiger partial charge in [-0.2, -0.15) is 0 Å². The standard InChI is InChI=1S/C16H32N2O/c1-13-7-6-10-16(11-13,18(2)3)12-17-14-8-4-5-9-15(14)19/h13-15,17,19H,4-12H2,1-3H3/t13?,14-,15-,16?/m0/s1. The molecule has 0 heterocycles. The molecule has 0 saturated heterocycles. The summed E-state index contributed by atoms with van der Waals surface area (Å²) < 4.78 is 0. The van der Waals surface area contributed by atoms with Gasteiger partial charge >= 0.3 is 0 Å². The first-order valence-electron chi connectivity index (χ1n) is 8.12. The molecule has 0 bridgehead atoms. The predicted molar refractivity (Wildman–Crippen MR) is 80.3 cm³/mol. The third-order valence-corrected chi connectivity index (χ3v) is 5.44. The van der Waals surface area contributed by atoms with Gasteiger partial charge in [0.2, 0.25) is 0 Å². The zero-order chi connectivity index (χ0) is 13.9. The van der Waals surface area contributed by atoms with Crippen molar-refractivity contribution in [3.63, 3.8) is 0 Å². The van der Waals surface area contributed by atoms with Gasteiger partial charge in [-0.05, 0) is 45.7 Å². The average molecular weight is 268 g/mol. The van der Waals surface area contributed by atoms with Gasteiger partial charge in [0.25, 0.3) is 0 Å². The lowest BCUT2D eigenvalue weighted by atomic mass is 9.75. The van der Waals surface area contributed by atoms with E-state index in [0.29, 0.717) is 11.6 Å². The first-order valence-corrected chi connectivity index (χ1v) is 8.12. The molecule has 2 fully saturated rings. The number of hydrogen-bond acceptors (Lipinski definition) is 3. The van der Waals surface area contributed by atoms with Crippen LogP contribution in [0.15, 0.2) is 0 Å². The van der Waals surface area contributed by atoms with E-state index in [2.05, 4.69) is 31.2 Å². The van der Waals surface area contributed by atoms with Crippen LogP contribution in [-0.2, 0) is 0 Å². The highest BCUT2D eigenvalue weighted by Gasteiger charge is 2.37. The fourth-order valence-electron chi connectivity index (χ4n) is 4.03. The maximum Gasteiger partial charge on any atom is 0.0693 e. The van der Waals surface area contributed by atoms with Crippen LogP contribution < -0.4 is 5.32 Å². The van der Waals surface area contributed by atoms with Crippen molar-refractivity contribution in [2.24, 2.45) is 5.92 Å². The van der Waals surface area contributed by atoms with Crippen molar-refractivity contribution in [3.8, 4) is 0 Å². The van der Waals surface area contributed by atoms with E-state index in [1.165, 1.54) is 38.5 Å². The van der Waals surface area contributed by atoms with E-state index < -0.39 is 0 Å². The van der Waals surface area contributed by atoms with Gasteiger partial charge in [0.05, 0.1) is 6.10 Å². The number of likely N-dealkylation sites (N-methyl/N-ethyl adjacent to an activating group) is 1. The molecule has 0 spiro atoms. The molecule has 0 aromatic rings. The molecule has 0 aromatic carbocycles. The molecular formula is C16H32N2O. The van der Waals surface area contributed by atoms with E-state index in [-0.39, 0.29) is 6.10 Å². The van der Waals surface area contributed by atoms with Crippen LogP contribution in [0.4, 0.5) is 0 Å². The van der Waals surface area contributed by atoms with Crippen LogP contribution in [0.25, 0.3) is 0 Å². The number of aliphatic hydroxyl groups is 1. The van der Waals surface area contributed by atoms with Crippen molar-refractivity contribution >= 4 is 0 Å². The molecule has 0 radical (unpaired) electrons. The van der Waals surface area contributed by atoms with Crippen LogP contribution in [0.1, 0.15) is 58.3 Å². The summed E-state index contributed by atoms with van der Waals surface area (Å²) in [5.41, 5.74) is 0.300. The molecule has 0 aliphatic heterocycles. The van der Waals surface area contributed by atoms with Crippen molar-refractivity contribution in [2.75, 3.05) is 20.6 Å². The molecule has 3 heteroatoms. The third kappa shape index (κ3) is 3.71. The quantitative estimate of drug-likeness (QED) is 0.822. The van der Waals surface area contributed by atoms with Gasteiger partial charge in [-0.25, -0.2) is 0 Å². The summed E-state index contributed by atoms with van der Waals surface area (Å²) in [5, 5.41) is 13.8. The highest BCUT2D eigenvalue weighted by atomic mass is 16.3. The molecule has 19 heavy (non-hydrogen) atoms. The summed E-state index contributed by atoms with van der Waals surface area (Å²) in [6, 6.07) is 0.322. The Morgan fingerprint density at radius 3 is 2.53 bits per heavy atom. The summed E-state index contributed by atoms with van der Waals surface area (Å²) in [7, 11) is 4.44. The number of hydrogen-bond donors (Lipinski definition) is 2. The molecule has 0 amide bonds. The van der Waals surface area contributed by atoms with E-state index in [0.717, 1.165) is 25.3 Å². The Morgan fingerprint density at radius 2 is 1.89 bits per heavy atom. The maximum absolute atomic E-state index is 10.1. The average Bonchev–Trinajstić information content (AvgIpc) is 2.38. The van der Waals surface area contributed by atoms with Gasteiger partial charge in [-0.3, -0.25) is 0 Å². The molecule has 2 aliphatic rings. The second kappa shape index (κ2) is 6.55. The molecule has 112 valence electrons. The Bertz CT molecular complexity index is 282. The molecule has 2 N–H and O–H groups in total. The molecule has 2 aliphatic carbocycles. The van der Waals surface area contributed by atoms with E-state index in [1.807, 2.05) is 0 Å². The summed E-state index contributed by atoms with van der Waals surface area (Å²) in [5.74, 6) is 0.828. The van der Waals surface area contributed by atoms with Crippen LogP contribution in [0, 0.1) is 5.92 Å². The largest absolute Gasteiger partial charge is 0.392 e. The van der Waals surface area contributed by atoms with Crippen LogP contribution in [-0.4, -0.2) is 48.3 Å². The van der Waals surface area contributed by atoms with Crippen molar-refractivity contribution in [1.82, 2.24) is 10.2 Å². The Morgan fingerprint density at radius 1 is 1.16 bits per heavy atom. The molecular weight excluding hydrogens is 236 g/mol. The molecule has 2 saturated carbocycles. The number of aliphatic hydroxyl groups excluding tert-OH is 1. The van der Waals surface area contributed by atoms with Crippen molar-refractivity contribution in [2.45, 2.75) is 76.0 Å². The van der Waals surface area contributed by atoms with E-state index in [1.54, 1.807) is 0 Å². The molecule has 2 unspecified atom stereocenters. The van der Waals surface area contributed by atoms with E-state index >= 15 is 0 Å². The summed E-state index contributed by atoms with van der Waals surface area (Å²) in [6.45, 7) is 3.42. The van der Waals surface area contributed by atoms with Crippen molar-refractivity contribution < 1.29 is 5.11 Å². The highest BCUT2D eigenvalue weighted by molar-refractivity contribution is 4.96. The van der Waals surface area contributed by atoms with Crippen molar-refractivity contribution in [1.29, 1.82) is 0 Å². The van der Waals surface area contributed by atoms with Gasteiger partial charge in [-0.15, -0.1) is 0 Å². The molecule has 0 aromatic heterocycles. The van der Waals surface area contributed by atoms with Gasteiger partial charge in [0.15, 0.2) is 0 Å². The lowest BCUT2D eigenvalue weighted by molar-refractivity contribution is 0.0487. The number of nitrogens with zero attached hydrogens (tertiary/aromatic N) is 1. The second-order valence-corrected chi connectivity index (χ2v) is 7.16. The minimum atomic E-state index is -0.131. The van der Waals surface area contributed by atoms with Gasteiger partial charge in [0, 0.05) is 18.1 Å². The third-order valence-electron chi connectivity index (χ3n) is 5.44. The number of rotatable bonds is 4. The Hall–Kier alpha value is -0.120. The van der Waals surface area contributed by atoms with E-state index in [4.69, 9.17) is 0 Å². The van der Waals surface area contributed by atoms with Crippen molar-refractivity contribution in [3.05, 3.63) is 0 Å². The van der Waals surface area contributed by atoms with Crippen LogP contribution in [0.5, 0.6) is 0 Å². The fraction of sp³-hybridized carbons (Fsp3) is 1.00. The zero-order valence-corrected chi connectivity index (χ0v) is 13.0. The van der Waals surface area contributed by atoms with Crippen LogP contribution >= 0.6 is 0 Å². The summed E-state index contributed by atoms with van der Waals surface area (Å²) in [6.07, 6.45) is 9.73. The zero-order valence-electron chi connectivity index (χ0n) is 13.0. The smallest absolute Gasteiger partial charge is 0.0693 e. The molecule has 2 rings (SSSR count). The first kappa shape index (κ1) is 15.3. The van der Waals surface area contributed by atoms with Gasteiger partial charge < -0.3 is 15.3 Å². The molecule has 4 atom stereocenters. The normalized spacial score (nSPS) is 40.6. The fourth-order valence-corrected chi connectivity index (χ4v) is 4.03. The molecule has 3 nitrogen and oxygen atoms in total. The minimum absolute atomic E-state index is 0.131. The SMILES string of the molecule is CC1CCCC(CN[C@H]2CCCC[C@@H]2O)(N(C)C)C1. The summed E-state index contributed by atoms with van der Waals surface area (Å²) in [4.78, 5) is 2.42. The minimum Gasteiger partial charge on any atom is -0.392 e. The second-order valence-electron chi connectivity index (χ2n) is 7.16. The van der Waals surface area contributed by atoms with E-state index in [9.17, 15) is 5.11 Å². The van der Waals surface area contributed by atoms with Gasteiger partial charge in [-0.1, -0.05) is 32.6 Å². The van der Waals surface area contributed by atoms with Gasteiger partial charge in [0.1, 0.15) is 0 Å². The lowest BCUT2D eigenvalue weighted by Crippen LogP contribution is -2.57.